The summed E-state index contributed by atoms with van der Waals surface area (Å²) in [6.07, 6.45) is 90.2. The molecule has 0 heterocycles. The Morgan fingerprint density at radius 3 is 0.848 bits per heavy atom. The first-order valence-electron chi connectivity index (χ1n) is 33.7. The molecule has 0 rings (SSSR count). The van der Waals surface area contributed by atoms with E-state index in [1.165, 1.54) is 193 Å². The predicted octanol–water partition coefficient (Wildman–Crippen LogP) is 23.2. The van der Waals surface area contributed by atoms with Crippen molar-refractivity contribution < 1.29 is 28.6 Å². The maximum atomic E-state index is 12.9. The van der Waals surface area contributed by atoms with Crippen molar-refractivity contribution in [2.75, 3.05) is 13.2 Å². The number of hydrogen-bond donors (Lipinski definition) is 0. The molecule has 0 N–H and O–H groups in total. The Kier molecular flexibility index (Phi) is 63.7. The fourth-order valence-corrected chi connectivity index (χ4v) is 9.63. The lowest BCUT2D eigenvalue weighted by molar-refractivity contribution is -0.166. The van der Waals surface area contributed by atoms with Gasteiger partial charge in [0.05, 0.1) is 0 Å². The summed E-state index contributed by atoms with van der Waals surface area (Å²) in [5.74, 6) is -0.975. The van der Waals surface area contributed by atoms with E-state index in [1.807, 2.05) is 6.08 Å². The molecule has 79 heavy (non-hydrogen) atoms. The number of rotatable bonds is 61. The monoisotopic (exact) mass is 1100 g/mol. The first-order valence-corrected chi connectivity index (χ1v) is 33.7. The van der Waals surface area contributed by atoms with Gasteiger partial charge in [0.25, 0.3) is 0 Å². The Hall–Kier alpha value is -3.67. The van der Waals surface area contributed by atoms with Crippen LogP contribution < -0.4 is 0 Å². The fraction of sp³-hybridized carbons (Fsp3) is 0.740. The summed E-state index contributed by atoms with van der Waals surface area (Å²) in [5, 5.41) is 0. The molecule has 6 heteroatoms. The van der Waals surface area contributed by atoms with Crippen LogP contribution in [0.5, 0.6) is 0 Å². The van der Waals surface area contributed by atoms with Crippen molar-refractivity contribution in [2.45, 2.75) is 335 Å². The van der Waals surface area contributed by atoms with Gasteiger partial charge in [0, 0.05) is 19.3 Å². The van der Waals surface area contributed by atoms with E-state index in [2.05, 4.69) is 112 Å². The smallest absolute Gasteiger partial charge is 0.306 e. The topological polar surface area (TPSA) is 78.9 Å². The summed E-state index contributed by atoms with van der Waals surface area (Å²) >= 11 is 0. The zero-order chi connectivity index (χ0) is 57.1. The first-order chi connectivity index (χ1) is 39.0. The average molecular weight is 1100 g/mol. The second-order valence-electron chi connectivity index (χ2n) is 22.3. The summed E-state index contributed by atoms with van der Waals surface area (Å²) in [6.45, 7) is 6.39. The number of unbranched alkanes of at least 4 members (excludes halogenated alkanes) is 34. The van der Waals surface area contributed by atoms with Crippen LogP contribution in [0.3, 0.4) is 0 Å². The lowest BCUT2D eigenvalue weighted by Gasteiger charge is -2.18. The molecule has 1 unspecified atom stereocenters. The minimum Gasteiger partial charge on any atom is -0.462 e. The fourth-order valence-electron chi connectivity index (χ4n) is 9.63. The second kappa shape index (κ2) is 66.8. The van der Waals surface area contributed by atoms with Gasteiger partial charge < -0.3 is 14.2 Å². The minimum atomic E-state index is -0.809. The molecule has 0 saturated heterocycles. The van der Waals surface area contributed by atoms with Crippen molar-refractivity contribution >= 4 is 17.9 Å². The van der Waals surface area contributed by atoms with Crippen LogP contribution in [0.2, 0.25) is 0 Å². The standard InChI is InChI=1S/C73H126O6/c1-4-7-10-13-16-19-22-25-27-29-31-33-35-36-38-39-41-43-45-48-51-54-57-60-63-66-72(75)78-69-70(68-77-71(74)65-62-59-56-53-50-47-24-21-18-15-12-9-6-3)79-73(76)67-64-61-58-55-52-49-46-44-42-40-37-34-32-30-28-26-23-20-17-14-11-8-5-2/h8-9,11-12,17-18,20-21,26,28,32,34,47,50,56,59,70H,4-7,10,13-16,19,22-25,27,29-31,33,35-46,48-49,51-55,57-58,60-69H2,1-3H3/b11-8-,12-9-,20-17-,21-18-,28-26-,34-32-,50-47-,59-56-. The number of allylic oxidation sites excluding steroid dienone is 16. The van der Waals surface area contributed by atoms with Gasteiger partial charge in [-0.05, 0) is 83.5 Å². The van der Waals surface area contributed by atoms with E-state index < -0.39 is 6.10 Å². The predicted molar refractivity (Wildman–Crippen MR) is 344 cm³/mol. The number of hydrogen-bond acceptors (Lipinski definition) is 6. The molecular weight excluding hydrogens is 973 g/mol. The lowest BCUT2D eigenvalue weighted by Crippen LogP contribution is -2.30. The van der Waals surface area contributed by atoms with E-state index in [0.717, 1.165) is 89.9 Å². The molecule has 0 saturated carbocycles. The highest BCUT2D eigenvalue weighted by Gasteiger charge is 2.19. The maximum Gasteiger partial charge on any atom is 0.306 e. The van der Waals surface area contributed by atoms with Crippen molar-refractivity contribution in [1.82, 2.24) is 0 Å². The number of carbonyl (C=O) groups excluding carboxylic acids is 3. The zero-order valence-electron chi connectivity index (χ0n) is 52.1. The molecule has 0 aliphatic heterocycles. The van der Waals surface area contributed by atoms with Crippen molar-refractivity contribution in [3.63, 3.8) is 0 Å². The molecule has 0 fully saturated rings. The second-order valence-corrected chi connectivity index (χ2v) is 22.3. The highest BCUT2D eigenvalue weighted by Crippen LogP contribution is 2.18. The van der Waals surface area contributed by atoms with Crippen LogP contribution in [-0.2, 0) is 28.6 Å². The molecule has 0 aromatic carbocycles. The number of esters is 3. The van der Waals surface area contributed by atoms with E-state index >= 15 is 0 Å². The molecule has 0 aliphatic carbocycles. The van der Waals surface area contributed by atoms with Crippen LogP contribution in [0.1, 0.15) is 329 Å². The molecule has 0 aromatic heterocycles. The molecule has 0 bridgehead atoms. The van der Waals surface area contributed by atoms with Gasteiger partial charge in [-0.15, -0.1) is 0 Å². The Morgan fingerprint density at radius 2 is 0.519 bits per heavy atom. The van der Waals surface area contributed by atoms with Gasteiger partial charge in [0.15, 0.2) is 6.10 Å². The van der Waals surface area contributed by atoms with Crippen molar-refractivity contribution in [2.24, 2.45) is 0 Å². The zero-order valence-corrected chi connectivity index (χ0v) is 52.1. The van der Waals surface area contributed by atoms with E-state index in [9.17, 15) is 14.4 Å². The van der Waals surface area contributed by atoms with Crippen LogP contribution >= 0.6 is 0 Å². The first kappa shape index (κ1) is 75.3. The van der Waals surface area contributed by atoms with Gasteiger partial charge in [-0.25, -0.2) is 0 Å². The number of ether oxygens (including phenoxy) is 3. The third-order valence-corrected chi connectivity index (χ3v) is 14.6. The van der Waals surface area contributed by atoms with Crippen LogP contribution in [0, 0.1) is 0 Å². The van der Waals surface area contributed by atoms with E-state index in [-0.39, 0.29) is 37.5 Å². The van der Waals surface area contributed by atoms with Crippen LogP contribution in [-0.4, -0.2) is 37.2 Å². The third-order valence-electron chi connectivity index (χ3n) is 14.6. The van der Waals surface area contributed by atoms with Gasteiger partial charge in [0.2, 0.25) is 0 Å². The van der Waals surface area contributed by atoms with E-state index in [4.69, 9.17) is 14.2 Å². The summed E-state index contributed by atoms with van der Waals surface area (Å²) in [4.78, 5) is 38.3. The largest absolute Gasteiger partial charge is 0.462 e. The van der Waals surface area contributed by atoms with Crippen molar-refractivity contribution in [1.29, 1.82) is 0 Å². The Bertz CT molecular complexity index is 1540. The van der Waals surface area contributed by atoms with E-state index in [0.29, 0.717) is 19.3 Å². The highest BCUT2D eigenvalue weighted by atomic mass is 16.6. The molecule has 0 spiro atoms. The summed E-state index contributed by atoms with van der Waals surface area (Å²) in [5.41, 5.74) is 0. The van der Waals surface area contributed by atoms with Crippen LogP contribution in [0.15, 0.2) is 97.2 Å². The Balaban J connectivity index is 4.31. The van der Waals surface area contributed by atoms with Crippen molar-refractivity contribution in [3.05, 3.63) is 97.2 Å². The summed E-state index contributed by atoms with van der Waals surface area (Å²) in [6, 6.07) is 0. The van der Waals surface area contributed by atoms with E-state index in [1.54, 1.807) is 0 Å². The Morgan fingerprint density at radius 1 is 0.266 bits per heavy atom. The Labute approximate surface area is 489 Å². The maximum absolute atomic E-state index is 12.9. The molecule has 0 radical (unpaired) electrons. The van der Waals surface area contributed by atoms with Crippen molar-refractivity contribution in [3.8, 4) is 0 Å². The van der Waals surface area contributed by atoms with Gasteiger partial charge in [-0.3, -0.25) is 14.4 Å². The quantitative estimate of drug-likeness (QED) is 0.0261. The molecule has 1 atom stereocenters. The molecular formula is C73H126O6. The molecule has 0 amide bonds. The van der Waals surface area contributed by atoms with Gasteiger partial charge in [-0.1, -0.05) is 323 Å². The molecule has 454 valence electrons. The highest BCUT2D eigenvalue weighted by molar-refractivity contribution is 5.71. The van der Waals surface area contributed by atoms with Crippen LogP contribution in [0.4, 0.5) is 0 Å². The van der Waals surface area contributed by atoms with Gasteiger partial charge >= 0.3 is 17.9 Å². The van der Waals surface area contributed by atoms with Gasteiger partial charge in [0.1, 0.15) is 13.2 Å². The SMILES string of the molecule is CC/C=C\C/C=C\C/C=C\C/C=C\CCCCCCCCCCCCC(=O)OC(COC(=O)CC/C=C\C/C=C\C/C=C\C/C=C\CC)COC(=O)CCCCCCCCCCCCCCCCCCCCCCCCCCC. The minimum absolute atomic E-state index is 0.0986. The normalized spacial score (nSPS) is 12.7. The molecule has 6 nitrogen and oxygen atoms in total. The molecule has 0 aromatic rings. The lowest BCUT2D eigenvalue weighted by atomic mass is 10.0. The summed E-state index contributed by atoms with van der Waals surface area (Å²) < 4.78 is 16.9. The average Bonchev–Trinajstić information content (AvgIpc) is 3.45. The molecule has 0 aliphatic rings. The third kappa shape index (κ3) is 65.0. The van der Waals surface area contributed by atoms with Crippen LogP contribution in [0.25, 0.3) is 0 Å². The summed E-state index contributed by atoms with van der Waals surface area (Å²) in [7, 11) is 0. The number of carbonyl (C=O) groups is 3. The van der Waals surface area contributed by atoms with Gasteiger partial charge in [-0.2, -0.15) is 0 Å².